The van der Waals surface area contributed by atoms with E-state index in [1.165, 1.54) is 12.0 Å². The Hall–Kier alpha value is -2.33. The lowest BCUT2D eigenvalue weighted by atomic mass is 9.81. The van der Waals surface area contributed by atoms with Crippen LogP contribution in [0.4, 0.5) is 18.0 Å². The Balaban J connectivity index is 1.94. The van der Waals surface area contributed by atoms with Crippen molar-refractivity contribution in [1.29, 1.82) is 0 Å². The predicted molar refractivity (Wildman–Crippen MR) is 74.5 cm³/mol. The summed E-state index contributed by atoms with van der Waals surface area (Å²) in [5.74, 6) is -1.92. The highest BCUT2D eigenvalue weighted by Crippen LogP contribution is 2.36. The quantitative estimate of drug-likeness (QED) is 0.798. The molecule has 0 saturated carbocycles. The van der Waals surface area contributed by atoms with E-state index in [0.29, 0.717) is 6.54 Å². The molecule has 2 rings (SSSR count). The summed E-state index contributed by atoms with van der Waals surface area (Å²) in [6.07, 6.45) is -4.65. The molecule has 1 fully saturated rings. The highest BCUT2D eigenvalue weighted by Gasteiger charge is 2.48. The van der Waals surface area contributed by atoms with Crippen LogP contribution in [0.25, 0.3) is 0 Å². The maximum Gasteiger partial charge on any atom is 0.453 e. The number of halogens is 3. The molecule has 0 spiro atoms. The molecule has 2 N–H and O–H groups in total. The molecule has 2 heterocycles. The summed E-state index contributed by atoms with van der Waals surface area (Å²) in [5.41, 5.74) is -0.818. The van der Waals surface area contributed by atoms with E-state index in [-0.39, 0.29) is 24.8 Å². The second-order valence-electron chi connectivity index (χ2n) is 5.95. The number of amides is 2. The Bertz CT molecular complexity index is 633. The fourth-order valence-electron chi connectivity index (χ4n) is 2.57. The van der Waals surface area contributed by atoms with Gasteiger partial charge in [-0.05, 0) is 12.8 Å². The Kier molecular flexibility index (Phi) is 4.72. The Labute approximate surface area is 135 Å². The van der Waals surface area contributed by atoms with Gasteiger partial charge in [-0.2, -0.15) is 13.2 Å². The van der Waals surface area contributed by atoms with Crippen LogP contribution in [0.5, 0.6) is 0 Å². The van der Waals surface area contributed by atoms with Crippen molar-refractivity contribution < 1.29 is 27.5 Å². The predicted octanol–water partition coefficient (Wildman–Crippen LogP) is 1.16. The summed E-state index contributed by atoms with van der Waals surface area (Å²) in [6, 6.07) is -0.501. The van der Waals surface area contributed by atoms with Crippen LogP contribution in [-0.4, -0.2) is 52.3 Å². The second-order valence-corrected chi connectivity index (χ2v) is 5.95. The normalized spacial score (nSPS) is 24.1. The first-order valence-electron chi connectivity index (χ1n) is 7.17. The van der Waals surface area contributed by atoms with Gasteiger partial charge in [0.2, 0.25) is 0 Å². The number of likely N-dealkylation sites (tertiary alicyclic amines) is 1. The molecule has 8 nitrogen and oxygen atoms in total. The van der Waals surface area contributed by atoms with Crippen LogP contribution >= 0.6 is 0 Å². The lowest BCUT2D eigenvalue weighted by molar-refractivity contribution is -0.152. The van der Waals surface area contributed by atoms with E-state index >= 15 is 0 Å². The zero-order valence-corrected chi connectivity index (χ0v) is 13.4. The summed E-state index contributed by atoms with van der Waals surface area (Å²) in [6.45, 7) is 3.80. The molecule has 1 saturated heterocycles. The Morgan fingerprint density at radius 1 is 1.50 bits per heavy atom. The number of alkyl halides is 3. The molecule has 0 unspecified atom stereocenters. The third-order valence-electron chi connectivity index (χ3n) is 4.23. The molecular formula is C13H18F3N5O3. The van der Waals surface area contributed by atoms with E-state index in [1.54, 1.807) is 6.92 Å². The first-order chi connectivity index (χ1) is 11.1. The first-order valence-corrected chi connectivity index (χ1v) is 7.17. The molecule has 0 bridgehead atoms. The SMILES string of the molecule is COC(=O)[C@]1(C)CN(C(=O)NCc2nc(C(F)(F)F)n[nH]2)C[C@H]1C. The zero-order valence-electron chi connectivity index (χ0n) is 13.4. The van der Waals surface area contributed by atoms with Gasteiger partial charge >= 0.3 is 18.2 Å². The number of rotatable bonds is 3. The van der Waals surface area contributed by atoms with Crippen molar-refractivity contribution in [2.75, 3.05) is 20.2 Å². The maximum absolute atomic E-state index is 12.4. The summed E-state index contributed by atoms with van der Waals surface area (Å²) in [7, 11) is 1.28. The molecule has 1 aromatic rings. The number of ether oxygens (including phenoxy) is 1. The highest BCUT2D eigenvalue weighted by molar-refractivity contribution is 5.81. The number of nitrogens with one attached hydrogen (secondary N) is 2. The van der Waals surface area contributed by atoms with Crippen LogP contribution in [0.15, 0.2) is 0 Å². The number of esters is 1. The van der Waals surface area contributed by atoms with Crippen LogP contribution < -0.4 is 5.32 Å². The Morgan fingerprint density at radius 3 is 2.71 bits per heavy atom. The largest absolute Gasteiger partial charge is 0.469 e. The number of carbonyl (C=O) groups excluding carboxylic acids is 2. The summed E-state index contributed by atoms with van der Waals surface area (Å²) < 4.78 is 42.0. The number of nitrogens with zero attached hydrogens (tertiary/aromatic N) is 3. The number of hydrogen-bond donors (Lipinski definition) is 2. The number of methoxy groups -OCH3 is 1. The highest BCUT2D eigenvalue weighted by atomic mass is 19.4. The number of urea groups is 1. The fourth-order valence-corrected chi connectivity index (χ4v) is 2.57. The van der Waals surface area contributed by atoms with Crippen LogP contribution in [0.3, 0.4) is 0 Å². The molecule has 1 aliphatic rings. The molecule has 24 heavy (non-hydrogen) atoms. The monoisotopic (exact) mass is 349 g/mol. The zero-order chi connectivity index (χ0) is 18.1. The van der Waals surface area contributed by atoms with E-state index < -0.39 is 29.4 Å². The van der Waals surface area contributed by atoms with E-state index in [2.05, 4.69) is 20.5 Å². The van der Waals surface area contributed by atoms with Crippen LogP contribution in [0, 0.1) is 11.3 Å². The van der Waals surface area contributed by atoms with Gasteiger partial charge in [0.05, 0.1) is 19.1 Å². The van der Waals surface area contributed by atoms with Gasteiger partial charge < -0.3 is 15.0 Å². The summed E-state index contributed by atoms with van der Waals surface area (Å²) in [4.78, 5) is 28.7. The third-order valence-corrected chi connectivity index (χ3v) is 4.23. The molecular weight excluding hydrogens is 331 g/mol. The Morgan fingerprint density at radius 2 is 2.17 bits per heavy atom. The van der Waals surface area contributed by atoms with Crippen molar-refractivity contribution in [3.8, 4) is 0 Å². The minimum atomic E-state index is -4.65. The molecule has 2 amide bonds. The summed E-state index contributed by atoms with van der Waals surface area (Å²) >= 11 is 0. The molecule has 0 aliphatic carbocycles. The van der Waals surface area contributed by atoms with Crippen molar-refractivity contribution in [2.45, 2.75) is 26.6 Å². The standard InChI is InChI=1S/C13H18F3N5O3/c1-7-5-21(6-12(7,2)10(22)24-3)11(23)17-4-8-18-9(20-19-8)13(14,15)16/h7H,4-6H2,1-3H3,(H,17,23)(H,18,19,20)/t7-,12-/m1/s1. The molecule has 0 aromatic carbocycles. The van der Waals surface area contributed by atoms with Crippen molar-refractivity contribution in [1.82, 2.24) is 25.4 Å². The van der Waals surface area contributed by atoms with Gasteiger partial charge in [0, 0.05) is 13.1 Å². The molecule has 11 heteroatoms. The van der Waals surface area contributed by atoms with Gasteiger partial charge in [-0.1, -0.05) is 6.92 Å². The van der Waals surface area contributed by atoms with E-state index in [4.69, 9.17) is 4.74 Å². The van der Waals surface area contributed by atoms with E-state index in [0.717, 1.165) is 0 Å². The number of aromatic amines is 1. The fraction of sp³-hybridized carbons (Fsp3) is 0.692. The third kappa shape index (κ3) is 3.44. The topological polar surface area (TPSA) is 100 Å². The molecule has 2 atom stereocenters. The van der Waals surface area contributed by atoms with Crippen molar-refractivity contribution >= 4 is 12.0 Å². The first kappa shape index (κ1) is 18.0. The van der Waals surface area contributed by atoms with Gasteiger partial charge in [0.25, 0.3) is 5.82 Å². The van der Waals surface area contributed by atoms with E-state index in [9.17, 15) is 22.8 Å². The molecule has 0 radical (unpaired) electrons. The van der Waals surface area contributed by atoms with Crippen molar-refractivity contribution in [2.24, 2.45) is 11.3 Å². The number of carbonyl (C=O) groups is 2. The number of aromatic nitrogens is 3. The molecule has 134 valence electrons. The molecule has 1 aliphatic heterocycles. The van der Waals surface area contributed by atoms with Crippen molar-refractivity contribution in [3.05, 3.63) is 11.6 Å². The van der Waals surface area contributed by atoms with E-state index in [1.807, 2.05) is 6.92 Å². The minimum Gasteiger partial charge on any atom is -0.469 e. The van der Waals surface area contributed by atoms with Crippen LogP contribution in [0.1, 0.15) is 25.5 Å². The molecule has 1 aromatic heterocycles. The number of H-pyrrole nitrogens is 1. The van der Waals surface area contributed by atoms with Gasteiger partial charge in [0.15, 0.2) is 0 Å². The average Bonchev–Trinajstić information content (AvgIpc) is 3.10. The second kappa shape index (κ2) is 6.29. The van der Waals surface area contributed by atoms with Crippen molar-refractivity contribution in [3.63, 3.8) is 0 Å². The van der Waals surface area contributed by atoms with Gasteiger partial charge in [-0.3, -0.25) is 9.89 Å². The van der Waals surface area contributed by atoms with Gasteiger partial charge in [0.1, 0.15) is 5.82 Å². The number of hydrogen-bond acceptors (Lipinski definition) is 5. The lowest BCUT2D eigenvalue weighted by Gasteiger charge is -2.24. The van der Waals surface area contributed by atoms with Crippen LogP contribution in [0.2, 0.25) is 0 Å². The maximum atomic E-state index is 12.4. The lowest BCUT2D eigenvalue weighted by Crippen LogP contribution is -2.41. The smallest absolute Gasteiger partial charge is 0.453 e. The average molecular weight is 349 g/mol. The van der Waals surface area contributed by atoms with Gasteiger partial charge in [-0.15, -0.1) is 5.10 Å². The van der Waals surface area contributed by atoms with Crippen LogP contribution in [-0.2, 0) is 22.3 Å². The van der Waals surface area contributed by atoms with Gasteiger partial charge in [-0.25, -0.2) is 9.78 Å². The summed E-state index contributed by atoms with van der Waals surface area (Å²) in [5, 5.41) is 7.62. The minimum absolute atomic E-state index is 0.112.